The molecule has 0 N–H and O–H groups in total. The Hall–Kier alpha value is -3.14. The van der Waals surface area contributed by atoms with Crippen LogP contribution in [0.25, 0.3) is 17.0 Å². The first-order valence-corrected chi connectivity index (χ1v) is 9.20. The van der Waals surface area contributed by atoms with Gasteiger partial charge in [-0.1, -0.05) is 31.2 Å². The molecule has 0 atom stereocenters. The van der Waals surface area contributed by atoms with Crippen LogP contribution in [0.1, 0.15) is 35.0 Å². The Bertz CT molecular complexity index is 1150. The molecule has 2 aromatic carbocycles. The number of hydrogen-bond acceptors (Lipinski definition) is 3. The molecule has 0 spiro atoms. The van der Waals surface area contributed by atoms with Crippen molar-refractivity contribution < 1.29 is 4.79 Å². The highest BCUT2D eigenvalue weighted by atomic mass is 16.1. The van der Waals surface area contributed by atoms with Crippen molar-refractivity contribution in [2.75, 3.05) is 11.9 Å². The third-order valence-electron chi connectivity index (χ3n) is 5.45. The Morgan fingerprint density at radius 2 is 1.70 bits per heavy atom. The summed E-state index contributed by atoms with van der Waals surface area (Å²) in [5.74, 6) is 0.0885. The van der Waals surface area contributed by atoms with Crippen molar-refractivity contribution in [3.8, 4) is 0 Å². The Kier molecular flexibility index (Phi) is 4.19. The third kappa shape index (κ3) is 2.69. The molecular weight excluding hydrogens is 336 g/mol. The molecule has 4 nitrogen and oxygen atoms in total. The van der Waals surface area contributed by atoms with Crippen LogP contribution in [-0.2, 0) is 13.5 Å². The van der Waals surface area contributed by atoms with E-state index in [1.54, 1.807) is 0 Å². The van der Waals surface area contributed by atoms with E-state index in [0.717, 1.165) is 34.6 Å². The van der Waals surface area contributed by atoms with Gasteiger partial charge in [0.05, 0.1) is 17.6 Å². The van der Waals surface area contributed by atoms with Gasteiger partial charge in [-0.2, -0.15) is 0 Å². The van der Waals surface area contributed by atoms with Crippen LogP contribution < -0.4 is 10.3 Å². The minimum atomic E-state index is 0.0211. The number of nitrogens with zero attached hydrogens (tertiary/aromatic N) is 2. The predicted octanol–water partition coefficient (Wildman–Crippen LogP) is 4.16. The highest BCUT2D eigenvalue weighted by Gasteiger charge is 2.25. The van der Waals surface area contributed by atoms with Gasteiger partial charge in [0, 0.05) is 42.0 Å². The largest absolute Gasteiger partial charge is 0.347 e. The summed E-state index contributed by atoms with van der Waals surface area (Å²) in [7, 11) is 3.95. The fourth-order valence-electron chi connectivity index (χ4n) is 3.99. The van der Waals surface area contributed by atoms with Crippen LogP contribution in [0.3, 0.4) is 0 Å². The maximum Gasteiger partial charge on any atom is 0.196 e. The van der Waals surface area contributed by atoms with Gasteiger partial charge in [0.25, 0.3) is 0 Å². The number of aromatic nitrogens is 1. The van der Waals surface area contributed by atoms with E-state index in [0.29, 0.717) is 17.4 Å². The summed E-state index contributed by atoms with van der Waals surface area (Å²) in [5, 5.41) is 0.703. The van der Waals surface area contributed by atoms with Gasteiger partial charge < -0.3 is 9.47 Å². The molecule has 0 radical (unpaired) electrons. The summed E-state index contributed by atoms with van der Waals surface area (Å²) < 4.78 is 2.09. The van der Waals surface area contributed by atoms with Crippen LogP contribution in [0.5, 0.6) is 0 Å². The summed E-state index contributed by atoms with van der Waals surface area (Å²) in [5.41, 5.74) is 5.07. The van der Waals surface area contributed by atoms with Gasteiger partial charge in [-0.15, -0.1) is 0 Å². The molecular formula is C23H22N2O2. The molecule has 0 saturated carbocycles. The minimum absolute atomic E-state index is 0.0211. The van der Waals surface area contributed by atoms with Gasteiger partial charge in [-0.25, -0.2) is 0 Å². The first-order chi connectivity index (χ1) is 13.0. The molecule has 27 heavy (non-hydrogen) atoms. The Labute approximate surface area is 158 Å². The van der Waals surface area contributed by atoms with Crippen molar-refractivity contribution in [3.63, 3.8) is 0 Å². The SMILES string of the molecule is CCc1c(/C=C2\CC(=O)c3ccccc3N2C)c(=O)c2ccccc2n1C. The highest BCUT2D eigenvalue weighted by Crippen LogP contribution is 2.32. The molecule has 0 fully saturated rings. The first-order valence-electron chi connectivity index (χ1n) is 9.20. The molecule has 2 heterocycles. The molecule has 1 aromatic heterocycles. The van der Waals surface area contributed by atoms with Crippen LogP contribution >= 0.6 is 0 Å². The van der Waals surface area contributed by atoms with Crippen LogP contribution in [0.15, 0.2) is 59.0 Å². The molecule has 0 saturated heterocycles. The number of hydrogen-bond donors (Lipinski definition) is 0. The number of benzene rings is 2. The van der Waals surface area contributed by atoms with Gasteiger partial charge in [0.1, 0.15) is 0 Å². The van der Waals surface area contributed by atoms with Gasteiger partial charge in [0.2, 0.25) is 0 Å². The molecule has 4 heteroatoms. The zero-order valence-corrected chi connectivity index (χ0v) is 15.8. The fourth-order valence-corrected chi connectivity index (χ4v) is 3.99. The summed E-state index contributed by atoms with van der Waals surface area (Å²) in [6.07, 6.45) is 2.94. The molecule has 4 rings (SSSR count). The third-order valence-corrected chi connectivity index (χ3v) is 5.45. The van der Waals surface area contributed by atoms with Crippen molar-refractivity contribution in [1.82, 2.24) is 4.57 Å². The standard InChI is InChI=1S/C23H22N2O2/c1-4-19-18(23(27)17-10-6-8-12-21(17)25(19)3)13-15-14-22(26)16-9-5-7-11-20(16)24(15)2/h5-13H,4,14H2,1-3H3/b15-13+. The quantitative estimate of drug-likeness (QED) is 0.691. The number of aryl methyl sites for hydroxylation is 1. The summed E-state index contributed by atoms with van der Waals surface area (Å²) >= 11 is 0. The minimum Gasteiger partial charge on any atom is -0.347 e. The highest BCUT2D eigenvalue weighted by molar-refractivity contribution is 6.06. The zero-order chi connectivity index (χ0) is 19.1. The van der Waals surface area contributed by atoms with E-state index < -0.39 is 0 Å². The van der Waals surface area contributed by atoms with Crippen LogP contribution in [0.4, 0.5) is 5.69 Å². The van der Waals surface area contributed by atoms with Gasteiger partial charge in [0.15, 0.2) is 11.2 Å². The molecule has 1 aliphatic heterocycles. The second-order valence-corrected chi connectivity index (χ2v) is 6.93. The smallest absolute Gasteiger partial charge is 0.196 e. The number of carbonyl (C=O) groups excluding carboxylic acids is 1. The lowest BCUT2D eigenvalue weighted by molar-refractivity contribution is 0.0989. The second kappa shape index (κ2) is 6.54. The number of para-hydroxylation sites is 2. The predicted molar refractivity (Wildman–Crippen MR) is 110 cm³/mol. The average molecular weight is 358 g/mol. The number of pyridine rings is 1. The van der Waals surface area contributed by atoms with Crippen molar-refractivity contribution in [2.24, 2.45) is 7.05 Å². The van der Waals surface area contributed by atoms with Crippen molar-refractivity contribution in [3.05, 3.63) is 81.3 Å². The van der Waals surface area contributed by atoms with Crippen LogP contribution in [-0.4, -0.2) is 17.4 Å². The normalized spacial score (nSPS) is 15.4. The lowest BCUT2D eigenvalue weighted by Gasteiger charge is -2.29. The van der Waals surface area contributed by atoms with Crippen LogP contribution in [0.2, 0.25) is 0 Å². The van der Waals surface area contributed by atoms with E-state index in [1.165, 1.54) is 0 Å². The molecule has 0 unspecified atom stereocenters. The van der Waals surface area contributed by atoms with Crippen LogP contribution in [0, 0.1) is 0 Å². The molecule has 0 amide bonds. The number of carbonyl (C=O) groups is 1. The number of Topliss-reactive ketones (excluding diaryl/α,β-unsaturated/α-hetero) is 1. The van der Waals surface area contributed by atoms with E-state index >= 15 is 0 Å². The van der Waals surface area contributed by atoms with Gasteiger partial charge in [-0.05, 0) is 36.8 Å². The second-order valence-electron chi connectivity index (χ2n) is 6.93. The summed E-state index contributed by atoms with van der Waals surface area (Å²) in [6, 6.07) is 15.3. The Balaban J connectivity index is 1.95. The average Bonchev–Trinajstić information content (AvgIpc) is 2.70. The van der Waals surface area contributed by atoms with E-state index in [1.807, 2.05) is 73.6 Å². The number of allylic oxidation sites excluding steroid dienone is 1. The number of anilines is 1. The summed E-state index contributed by atoms with van der Waals surface area (Å²) in [4.78, 5) is 27.8. The van der Waals surface area contributed by atoms with Gasteiger partial charge in [-0.3, -0.25) is 9.59 Å². The lowest BCUT2D eigenvalue weighted by atomic mass is 9.96. The van der Waals surface area contributed by atoms with E-state index in [2.05, 4.69) is 11.5 Å². The summed E-state index contributed by atoms with van der Waals surface area (Å²) in [6.45, 7) is 2.05. The van der Waals surface area contributed by atoms with E-state index in [-0.39, 0.29) is 11.2 Å². The van der Waals surface area contributed by atoms with E-state index in [4.69, 9.17) is 0 Å². The molecule has 0 bridgehead atoms. The van der Waals surface area contributed by atoms with Crippen molar-refractivity contribution in [2.45, 2.75) is 19.8 Å². The molecule has 3 aromatic rings. The Morgan fingerprint density at radius 1 is 1.00 bits per heavy atom. The van der Waals surface area contributed by atoms with Crippen molar-refractivity contribution >= 4 is 28.4 Å². The maximum atomic E-state index is 13.2. The lowest BCUT2D eigenvalue weighted by Crippen LogP contribution is -2.27. The Morgan fingerprint density at radius 3 is 2.48 bits per heavy atom. The van der Waals surface area contributed by atoms with Gasteiger partial charge >= 0.3 is 0 Å². The monoisotopic (exact) mass is 358 g/mol. The number of ketones is 1. The van der Waals surface area contributed by atoms with E-state index in [9.17, 15) is 9.59 Å². The molecule has 136 valence electrons. The number of fused-ring (bicyclic) bond motifs is 2. The first kappa shape index (κ1) is 17.3. The molecule has 1 aliphatic rings. The number of rotatable bonds is 2. The van der Waals surface area contributed by atoms with Crippen molar-refractivity contribution in [1.29, 1.82) is 0 Å². The molecule has 0 aliphatic carbocycles. The fraction of sp³-hybridized carbons (Fsp3) is 0.217. The topological polar surface area (TPSA) is 42.3 Å². The zero-order valence-electron chi connectivity index (χ0n) is 15.8. The maximum absolute atomic E-state index is 13.2.